The van der Waals surface area contributed by atoms with Gasteiger partial charge in [-0.3, -0.25) is 18.4 Å². The van der Waals surface area contributed by atoms with Gasteiger partial charge < -0.3 is 14.8 Å². The van der Waals surface area contributed by atoms with Gasteiger partial charge in [0.25, 0.3) is 5.91 Å². The third-order valence-corrected chi connectivity index (χ3v) is 10.8. The van der Waals surface area contributed by atoms with Crippen LogP contribution in [0.5, 0.6) is 0 Å². The van der Waals surface area contributed by atoms with Crippen LogP contribution in [0.15, 0.2) is 77.2 Å². The van der Waals surface area contributed by atoms with Crippen molar-refractivity contribution in [1.29, 1.82) is 0 Å². The number of nitrogens with one attached hydrogen (secondary N) is 1. The van der Waals surface area contributed by atoms with Crippen molar-refractivity contribution in [3.63, 3.8) is 0 Å². The van der Waals surface area contributed by atoms with Crippen molar-refractivity contribution < 1.29 is 27.1 Å². The predicted molar refractivity (Wildman–Crippen MR) is 196 cm³/mol. The number of nitrogens with zero attached hydrogens (tertiary/aromatic N) is 5. The summed E-state index contributed by atoms with van der Waals surface area (Å²) in [5, 5.41) is 14.0. The number of furan rings is 1. The van der Waals surface area contributed by atoms with Crippen molar-refractivity contribution in [2.75, 3.05) is 37.7 Å². The van der Waals surface area contributed by atoms with Gasteiger partial charge in [-0.05, 0) is 50.2 Å². The largest absolute Gasteiger partial charge is 0.455 e. The van der Waals surface area contributed by atoms with Crippen LogP contribution in [-0.2, 0) is 16.6 Å². The summed E-state index contributed by atoms with van der Waals surface area (Å²) < 4.78 is 50.6. The number of fused-ring (bicyclic) bond motifs is 6. The van der Waals surface area contributed by atoms with Crippen LogP contribution in [0.4, 0.5) is 10.1 Å². The van der Waals surface area contributed by atoms with Crippen LogP contribution in [0, 0.1) is 12.7 Å². The summed E-state index contributed by atoms with van der Waals surface area (Å²) in [4.78, 5) is 25.5. The van der Waals surface area contributed by atoms with Gasteiger partial charge >= 0.3 is 0 Å². The molecule has 4 aromatic heterocycles. The smallest absolute Gasteiger partial charge is 0.255 e. The van der Waals surface area contributed by atoms with Crippen LogP contribution in [0.3, 0.4) is 0 Å². The molecule has 2 N–H and O–H groups in total. The van der Waals surface area contributed by atoms with E-state index < -0.39 is 15.6 Å². The van der Waals surface area contributed by atoms with Gasteiger partial charge in [-0.2, -0.15) is 0 Å². The molecule has 0 aliphatic carbocycles. The molecule has 1 saturated heterocycles. The fourth-order valence-corrected chi connectivity index (χ4v) is 7.59. The molecule has 0 unspecified atom stereocenters. The molecular weight excluding hydrogens is 672 g/mol. The predicted octanol–water partition coefficient (Wildman–Crippen LogP) is 5.89. The highest BCUT2D eigenvalue weighted by atomic mass is 32.2. The van der Waals surface area contributed by atoms with E-state index in [9.17, 15) is 18.3 Å². The number of amides is 1. The minimum absolute atomic E-state index is 0.293. The third-order valence-electron chi connectivity index (χ3n) is 9.60. The second-order valence-corrected chi connectivity index (χ2v) is 15.6. The van der Waals surface area contributed by atoms with Crippen LogP contribution in [0.25, 0.3) is 61.0 Å². The number of hydrogen-bond donors (Lipinski definition) is 2. The van der Waals surface area contributed by atoms with E-state index in [1.54, 1.807) is 44.3 Å². The van der Waals surface area contributed by atoms with Crippen LogP contribution in [0.2, 0.25) is 0 Å². The monoisotopic (exact) mass is 706 g/mol. The van der Waals surface area contributed by atoms with Crippen LogP contribution in [-0.4, -0.2) is 77.7 Å². The summed E-state index contributed by atoms with van der Waals surface area (Å²) in [7, 11) is -0.763. The maximum absolute atomic E-state index is 15.2. The van der Waals surface area contributed by atoms with E-state index >= 15 is 4.39 Å². The number of carbonyl (C=O) groups is 1. The van der Waals surface area contributed by atoms with Gasteiger partial charge in [0.05, 0.1) is 51.9 Å². The van der Waals surface area contributed by atoms with Gasteiger partial charge in [-0.15, -0.1) is 0 Å². The average Bonchev–Trinajstić information content (AvgIpc) is 3.66. The number of halogens is 1. The lowest BCUT2D eigenvalue weighted by Crippen LogP contribution is -2.59. The Kier molecular flexibility index (Phi) is 7.45. The lowest BCUT2D eigenvalue weighted by molar-refractivity contribution is -0.0880. The van der Waals surface area contributed by atoms with Crippen LogP contribution >= 0.6 is 0 Å². The highest BCUT2D eigenvalue weighted by Gasteiger charge is 2.37. The summed E-state index contributed by atoms with van der Waals surface area (Å²) in [5.74, 6) is 0.270. The van der Waals surface area contributed by atoms with Crippen LogP contribution in [0.1, 0.15) is 28.7 Å². The number of likely N-dealkylation sites (tertiary alicyclic amines) is 1. The first kappa shape index (κ1) is 32.8. The van der Waals surface area contributed by atoms with E-state index in [0.717, 1.165) is 16.1 Å². The Morgan fingerprint density at radius 3 is 2.47 bits per heavy atom. The Morgan fingerprint density at radius 1 is 1.04 bits per heavy atom. The molecule has 1 amide bonds. The van der Waals surface area contributed by atoms with Crippen molar-refractivity contribution >= 4 is 60.0 Å². The number of β-amino-alcohol motifs (C(OH)–C–C–N with tert-alkyl or cyclic N) is 1. The number of aromatic nitrogens is 3. The molecule has 0 radical (unpaired) electrons. The van der Waals surface area contributed by atoms with Crippen molar-refractivity contribution in [3.05, 3.63) is 95.6 Å². The Morgan fingerprint density at radius 2 is 1.78 bits per heavy atom. The van der Waals surface area contributed by atoms with E-state index in [0.29, 0.717) is 97.7 Å². The van der Waals surface area contributed by atoms with Gasteiger partial charge in [-0.1, -0.05) is 35.9 Å². The Labute approximate surface area is 293 Å². The van der Waals surface area contributed by atoms with Gasteiger partial charge in [0.1, 0.15) is 28.5 Å². The first-order chi connectivity index (χ1) is 24.2. The molecule has 7 aromatic rings. The fraction of sp³-hybridized carbons (Fsp3) is 0.237. The lowest BCUT2D eigenvalue weighted by atomic mass is 9.97. The Hall–Kier alpha value is -5.37. The van der Waals surface area contributed by atoms with Crippen LogP contribution < -0.4 is 9.62 Å². The molecule has 1 aliphatic rings. The van der Waals surface area contributed by atoms with Gasteiger partial charge in [0, 0.05) is 55.2 Å². The molecule has 0 atom stereocenters. The number of pyridine rings is 1. The van der Waals surface area contributed by atoms with Crippen molar-refractivity contribution in [1.82, 2.24) is 24.6 Å². The molecule has 11 nitrogen and oxygen atoms in total. The first-order valence-corrected chi connectivity index (χ1v) is 18.3. The third kappa shape index (κ3) is 5.48. The van der Waals surface area contributed by atoms with Crippen molar-refractivity contribution in [3.8, 4) is 22.6 Å². The SMILES string of the molecule is CNC(=O)c1c(-c2ccc(C)cc2)oc2cc(N(C)S(C)(=O)=O)c(-c3ccc4nc(CN5CC(C)(O)C5)n5c6cccc(F)c6cc5c4n3)cc12. The molecule has 260 valence electrons. The molecule has 0 bridgehead atoms. The van der Waals surface area contributed by atoms with E-state index in [4.69, 9.17) is 14.4 Å². The van der Waals surface area contributed by atoms with E-state index in [-0.39, 0.29) is 11.7 Å². The number of rotatable bonds is 7. The maximum atomic E-state index is 15.2. The number of aliphatic hydroxyl groups is 1. The zero-order valence-electron chi connectivity index (χ0n) is 28.7. The number of aryl methyl sites for hydroxylation is 1. The number of anilines is 1. The molecule has 3 aromatic carbocycles. The van der Waals surface area contributed by atoms with E-state index in [2.05, 4.69) is 10.2 Å². The molecule has 13 heteroatoms. The van der Waals surface area contributed by atoms with E-state index in [1.807, 2.05) is 47.7 Å². The fourth-order valence-electron chi connectivity index (χ4n) is 7.09. The first-order valence-electron chi connectivity index (χ1n) is 16.4. The highest BCUT2D eigenvalue weighted by molar-refractivity contribution is 7.92. The molecular formula is C38H35FN6O5S. The average molecular weight is 707 g/mol. The summed E-state index contributed by atoms with van der Waals surface area (Å²) in [5.41, 5.74) is 5.03. The Bertz CT molecular complexity index is 2680. The summed E-state index contributed by atoms with van der Waals surface area (Å²) in [6.45, 7) is 5.14. The molecule has 0 saturated carbocycles. The van der Waals surface area contributed by atoms with Crippen molar-refractivity contribution in [2.45, 2.75) is 26.0 Å². The molecule has 51 heavy (non-hydrogen) atoms. The molecule has 1 fully saturated rings. The van der Waals surface area contributed by atoms with Gasteiger partial charge in [0.15, 0.2) is 0 Å². The number of carbonyl (C=O) groups excluding carboxylic acids is 1. The Balaban J connectivity index is 1.39. The number of sulfonamides is 1. The van der Waals surface area contributed by atoms with Gasteiger partial charge in [-0.25, -0.2) is 22.8 Å². The number of benzene rings is 3. The van der Waals surface area contributed by atoms with Gasteiger partial charge in [0.2, 0.25) is 10.0 Å². The normalized spacial score (nSPS) is 14.8. The zero-order chi connectivity index (χ0) is 36.0. The standard InChI is InChI=1S/C38H35FN6O5S/c1-21-9-11-22(12-10-21)36-34(37(46)40-3)25-15-24(30(17-32(25)50-36)43(4)51(5,48)49)27-13-14-28-35(42-27)31-16-23-26(39)7-6-8-29(23)45(31)33(41-28)18-44-19-38(2,47)20-44/h6-17,47H,18-20H2,1-5H3,(H,40,46). The minimum Gasteiger partial charge on any atom is -0.455 e. The topological polar surface area (TPSA) is 133 Å². The molecule has 5 heterocycles. The molecule has 0 spiro atoms. The molecule has 1 aliphatic heterocycles. The lowest BCUT2D eigenvalue weighted by Gasteiger charge is -2.44. The summed E-state index contributed by atoms with van der Waals surface area (Å²) >= 11 is 0. The quantitative estimate of drug-likeness (QED) is 0.210. The summed E-state index contributed by atoms with van der Waals surface area (Å²) in [6.07, 6.45) is 1.11. The van der Waals surface area contributed by atoms with E-state index in [1.165, 1.54) is 13.1 Å². The second kappa shape index (κ2) is 11.6. The highest BCUT2D eigenvalue weighted by Crippen LogP contribution is 2.42. The maximum Gasteiger partial charge on any atom is 0.255 e. The zero-order valence-corrected chi connectivity index (χ0v) is 29.5. The van der Waals surface area contributed by atoms with Crippen molar-refractivity contribution in [2.24, 2.45) is 0 Å². The minimum atomic E-state index is -3.75. The summed E-state index contributed by atoms with van der Waals surface area (Å²) in [6, 6.07) is 21.1. The molecule has 8 rings (SSSR count). The number of hydrogen-bond acceptors (Lipinski definition) is 8. The second-order valence-electron chi connectivity index (χ2n) is 13.6.